The van der Waals surface area contributed by atoms with Gasteiger partial charge in [0.05, 0.1) is 10.7 Å². The molecular formula is C22H14Cl3NOS. The van der Waals surface area contributed by atoms with Crippen LogP contribution in [-0.4, -0.2) is 5.91 Å². The topological polar surface area (TPSA) is 20.3 Å². The van der Waals surface area contributed by atoms with E-state index < -0.39 is 0 Å². The Morgan fingerprint density at radius 3 is 2.25 bits per heavy atom. The van der Waals surface area contributed by atoms with E-state index in [9.17, 15) is 4.79 Å². The smallest absolute Gasteiger partial charge is 0.274 e. The summed E-state index contributed by atoms with van der Waals surface area (Å²) in [5.41, 5.74) is 2.33. The summed E-state index contributed by atoms with van der Waals surface area (Å²) in [5, 5.41) is 2.56. The van der Waals surface area contributed by atoms with Crippen LogP contribution in [0.25, 0.3) is 10.1 Å². The van der Waals surface area contributed by atoms with Crippen LogP contribution >= 0.6 is 46.1 Å². The zero-order chi connectivity index (χ0) is 19.8. The Bertz CT molecular complexity index is 1180. The number of carbonyl (C=O) groups excluding carboxylic acids is 1. The van der Waals surface area contributed by atoms with Crippen molar-refractivity contribution in [2.75, 3.05) is 4.90 Å². The summed E-state index contributed by atoms with van der Waals surface area (Å²) in [6.07, 6.45) is 0. The normalized spacial score (nSPS) is 11.0. The number of nitrogens with zero attached hydrogens (tertiary/aromatic N) is 1. The van der Waals surface area contributed by atoms with Crippen molar-refractivity contribution in [1.82, 2.24) is 0 Å². The molecule has 0 bridgehead atoms. The number of thiophene rings is 1. The lowest BCUT2D eigenvalue weighted by Crippen LogP contribution is -2.26. The Morgan fingerprint density at radius 1 is 0.893 bits per heavy atom. The van der Waals surface area contributed by atoms with E-state index in [2.05, 4.69) is 0 Å². The van der Waals surface area contributed by atoms with Crippen LogP contribution in [0.1, 0.15) is 15.2 Å². The Kier molecular flexibility index (Phi) is 5.35. The molecular weight excluding hydrogens is 433 g/mol. The third-order valence-electron chi connectivity index (χ3n) is 4.42. The number of hydrogen-bond donors (Lipinski definition) is 0. The van der Waals surface area contributed by atoms with Gasteiger partial charge in [0.15, 0.2) is 0 Å². The maximum Gasteiger partial charge on any atom is 0.274 e. The number of benzene rings is 3. The summed E-state index contributed by atoms with van der Waals surface area (Å²) in [6.45, 7) is 1.92. The Balaban J connectivity index is 1.90. The van der Waals surface area contributed by atoms with Gasteiger partial charge in [0, 0.05) is 25.8 Å². The fourth-order valence-electron chi connectivity index (χ4n) is 3.08. The number of amides is 1. The molecule has 0 N–H and O–H groups in total. The van der Waals surface area contributed by atoms with Crippen molar-refractivity contribution < 1.29 is 4.79 Å². The second kappa shape index (κ2) is 7.76. The summed E-state index contributed by atoms with van der Waals surface area (Å²) in [7, 11) is 0. The highest BCUT2D eigenvalue weighted by Gasteiger charge is 2.26. The van der Waals surface area contributed by atoms with Gasteiger partial charge in [0.2, 0.25) is 0 Å². The van der Waals surface area contributed by atoms with Gasteiger partial charge in [-0.3, -0.25) is 9.69 Å². The molecule has 28 heavy (non-hydrogen) atoms. The van der Waals surface area contributed by atoms with Gasteiger partial charge in [-0.1, -0.05) is 53.0 Å². The first kappa shape index (κ1) is 19.3. The van der Waals surface area contributed by atoms with Crippen molar-refractivity contribution in [2.24, 2.45) is 0 Å². The summed E-state index contributed by atoms with van der Waals surface area (Å²) in [5.74, 6) is -0.195. The lowest BCUT2D eigenvalue weighted by molar-refractivity contribution is 0.100. The molecule has 0 fully saturated rings. The minimum atomic E-state index is -0.195. The Morgan fingerprint density at radius 2 is 1.57 bits per heavy atom. The van der Waals surface area contributed by atoms with Crippen molar-refractivity contribution in [3.05, 3.63) is 92.2 Å². The van der Waals surface area contributed by atoms with Gasteiger partial charge >= 0.3 is 0 Å². The number of aryl methyl sites for hydroxylation is 1. The summed E-state index contributed by atoms with van der Waals surface area (Å²) in [6, 6.07) is 20.3. The third kappa shape index (κ3) is 3.51. The van der Waals surface area contributed by atoms with E-state index in [-0.39, 0.29) is 5.91 Å². The highest BCUT2D eigenvalue weighted by molar-refractivity contribution is 7.21. The first-order valence-electron chi connectivity index (χ1n) is 8.49. The second-order valence-electron chi connectivity index (χ2n) is 6.29. The van der Waals surface area contributed by atoms with E-state index in [0.717, 1.165) is 21.3 Å². The SMILES string of the molecule is Cc1cc(Cl)ccc1N(C(=O)c1sc2ccccc2c1Cl)c1ccc(Cl)cc1. The van der Waals surface area contributed by atoms with Gasteiger partial charge in [0.25, 0.3) is 5.91 Å². The van der Waals surface area contributed by atoms with Crippen LogP contribution in [-0.2, 0) is 0 Å². The van der Waals surface area contributed by atoms with Gasteiger partial charge in [-0.2, -0.15) is 0 Å². The molecule has 3 aromatic carbocycles. The molecule has 6 heteroatoms. The standard InChI is InChI=1S/C22H14Cl3NOS/c1-13-12-15(24)8-11-18(13)26(16-9-6-14(23)7-10-16)22(27)21-20(25)17-4-2-3-5-19(17)28-21/h2-12H,1H3. The molecule has 0 aliphatic heterocycles. The first-order chi connectivity index (χ1) is 13.5. The van der Waals surface area contributed by atoms with Gasteiger partial charge in [0.1, 0.15) is 4.88 Å². The summed E-state index contributed by atoms with van der Waals surface area (Å²) in [4.78, 5) is 15.8. The molecule has 0 spiro atoms. The lowest BCUT2D eigenvalue weighted by Gasteiger charge is -2.24. The largest absolute Gasteiger partial charge is 0.276 e. The molecule has 1 amide bonds. The molecule has 1 aromatic heterocycles. The predicted molar refractivity (Wildman–Crippen MR) is 121 cm³/mol. The van der Waals surface area contributed by atoms with Crippen molar-refractivity contribution >= 4 is 73.5 Å². The van der Waals surface area contributed by atoms with Gasteiger partial charge in [-0.15, -0.1) is 11.3 Å². The van der Waals surface area contributed by atoms with Gasteiger partial charge in [-0.25, -0.2) is 0 Å². The van der Waals surface area contributed by atoms with E-state index in [1.807, 2.05) is 55.5 Å². The molecule has 0 unspecified atom stereocenters. The molecule has 0 atom stereocenters. The monoisotopic (exact) mass is 445 g/mol. The van der Waals surface area contributed by atoms with E-state index in [4.69, 9.17) is 34.8 Å². The summed E-state index contributed by atoms with van der Waals surface area (Å²) >= 11 is 20.1. The number of hydrogen-bond acceptors (Lipinski definition) is 2. The van der Waals surface area contributed by atoms with Crippen LogP contribution in [0, 0.1) is 6.92 Å². The number of rotatable bonds is 3. The minimum absolute atomic E-state index is 0.195. The fourth-order valence-corrected chi connectivity index (χ4v) is 4.87. The second-order valence-corrected chi connectivity index (χ2v) is 8.59. The lowest BCUT2D eigenvalue weighted by atomic mass is 10.1. The maximum absolute atomic E-state index is 13.6. The van der Waals surface area contributed by atoms with Crippen LogP contribution in [0.2, 0.25) is 15.1 Å². The van der Waals surface area contributed by atoms with Crippen molar-refractivity contribution in [1.29, 1.82) is 0 Å². The van der Waals surface area contributed by atoms with E-state index >= 15 is 0 Å². The molecule has 0 saturated heterocycles. The quantitative estimate of drug-likeness (QED) is 0.311. The number of anilines is 2. The van der Waals surface area contributed by atoms with E-state index in [1.54, 1.807) is 23.1 Å². The maximum atomic E-state index is 13.6. The van der Waals surface area contributed by atoms with Crippen LogP contribution in [0.3, 0.4) is 0 Å². The molecule has 140 valence electrons. The number of carbonyl (C=O) groups is 1. The molecule has 0 aliphatic rings. The number of fused-ring (bicyclic) bond motifs is 1. The molecule has 4 aromatic rings. The first-order valence-corrected chi connectivity index (χ1v) is 10.4. The van der Waals surface area contributed by atoms with Crippen LogP contribution in [0.4, 0.5) is 11.4 Å². The van der Waals surface area contributed by atoms with Crippen molar-refractivity contribution in [2.45, 2.75) is 6.92 Å². The van der Waals surface area contributed by atoms with Gasteiger partial charge < -0.3 is 0 Å². The minimum Gasteiger partial charge on any atom is -0.276 e. The average Bonchev–Trinajstić information content (AvgIpc) is 3.02. The zero-order valence-corrected chi connectivity index (χ0v) is 17.8. The molecule has 4 rings (SSSR count). The zero-order valence-electron chi connectivity index (χ0n) is 14.7. The van der Waals surface area contributed by atoms with Crippen molar-refractivity contribution in [3.8, 4) is 0 Å². The number of halogens is 3. The fraction of sp³-hybridized carbons (Fsp3) is 0.0455. The van der Waals surface area contributed by atoms with E-state index in [0.29, 0.717) is 25.6 Å². The van der Waals surface area contributed by atoms with E-state index in [1.165, 1.54) is 11.3 Å². The highest BCUT2D eigenvalue weighted by atomic mass is 35.5. The third-order valence-corrected chi connectivity index (χ3v) is 6.57. The summed E-state index contributed by atoms with van der Waals surface area (Å²) < 4.78 is 0.972. The molecule has 2 nitrogen and oxygen atoms in total. The molecule has 0 saturated carbocycles. The molecule has 0 radical (unpaired) electrons. The average molecular weight is 447 g/mol. The molecule has 1 heterocycles. The van der Waals surface area contributed by atoms with Crippen LogP contribution in [0.15, 0.2) is 66.7 Å². The molecule has 0 aliphatic carbocycles. The van der Waals surface area contributed by atoms with Gasteiger partial charge in [-0.05, 0) is 61.0 Å². The van der Waals surface area contributed by atoms with Crippen molar-refractivity contribution in [3.63, 3.8) is 0 Å². The predicted octanol–water partition coefficient (Wildman–Crippen LogP) is 8.15. The Hall–Kier alpha value is -2.04. The van der Waals surface area contributed by atoms with Crippen LogP contribution in [0.5, 0.6) is 0 Å². The Labute approximate surface area is 181 Å². The highest BCUT2D eigenvalue weighted by Crippen LogP contribution is 2.39. The van der Waals surface area contributed by atoms with Crippen LogP contribution < -0.4 is 4.90 Å².